The third kappa shape index (κ3) is 3.86. The van der Waals surface area contributed by atoms with Crippen molar-refractivity contribution in [3.05, 3.63) is 29.8 Å². The Bertz CT molecular complexity index is 740. The van der Waals surface area contributed by atoms with E-state index in [9.17, 15) is 13.2 Å². The highest BCUT2D eigenvalue weighted by atomic mass is 32.2. The van der Waals surface area contributed by atoms with E-state index in [1.54, 1.807) is 38.0 Å². The number of hydrogen-bond acceptors (Lipinski definition) is 5. The highest BCUT2D eigenvalue weighted by molar-refractivity contribution is 8.01. The van der Waals surface area contributed by atoms with Crippen molar-refractivity contribution in [2.45, 2.75) is 29.1 Å². The maximum atomic E-state index is 12.7. The number of hydrogen-bond donors (Lipinski definition) is 0. The van der Waals surface area contributed by atoms with Crippen LogP contribution in [0.15, 0.2) is 29.2 Å². The van der Waals surface area contributed by atoms with Crippen LogP contribution in [0.4, 0.5) is 0 Å². The van der Waals surface area contributed by atoms with Gasteiger partial charge in [-0.15, -0.1) is 11.8 Å². The van der Waals surface area contributed by atoms with Crippen LogP contribution in [0.1, 0.15) is 12.0 Å². The van der Waals surface area contributed by atoms with Crippen molar-refractivity contribution < 1.29 is 17.9 Å². The molecule has 2 aliphatic rings. The molecule has 2 saturated heterocycles. The molecule has 1 aromatic carbocycles. The Morgan fingerprint density at radius 2 is 1.96 bits per heavy atom. The Hall–Kier alpha value is -1.09. The minimum absolute atomic E-state index is 0.0122. The maximum absolute atomic E-state index is 12.7. The van der Waals surface area contributed by atoms with E-state index < -0.39 is 10.0 Å². The first-order valence-corrected chi connectivity index (χ1v) is 10.7. The molecule has 2 aliphatic heterocycles. The Kier molecular flexibility index (Phi) is 5.16. The van der Waals surface area contributed by atoms with Crippen molar-refractivity contribution in [2.75, 3.05) is 39.5 Å². The van der Waals surface area contributed by atoms with E-state index in [1.165, 1.54) is 9.21 Å². The summed E-state index contributed by atoms with van der Waals surface area (Å²) < 4.78 is 32.5. The van der Waals surface area contributed by atoms with Crippen LogP contribution in [0.3, 0.4) is 0 Å². The number of rotatable bonds is 5. The Morgan fingerprint density at radius 3 is 2.56 bits per heavy atom. The van der Waals surface area contributed by atoms with E-state index >= 15 is 0 Å². The first-order valence-electron chi connectivity index (χ1n) is 8.24. The molecule has 2 fully saturated rings. The molecule has 1 aromatic rings. The predicted octanol–water partition coefficient (Wildman–Crippen LogP) is 1.35. The van der Waals surface area contributed by atoms with Gasteiger partial charge in [-0.3, -0.25) is 4.79 Å². The van der Waals surface area contributed by atoms with E-state index in [0.717, 1.165) is 17.7 Å². The zero-order valence-electron chi connectivity index (χ0n) is 14.8. The van der Waals surface area contributed by atoms with Crippen LogP contribution >= 0.6 is 11.8 Å². The van der Waals surface area contributed by atoms with Gasteiger partial charge in [-0.2, -0.15) is 4.31 Å². The van der Waals surface area contributed by atoms with Crippen LogP contribution in [0.5, 0.6) is 0 Å². The number of amides is 1. The van der Waals surface area contributed by atoms with E-state index in [4.69, 9.17) is 4.74 Å². The molecule has 0 aliphatic carbocycles. The van der Waals surface area contributed by atoms with Gasteiger partial charge in [0, 0.05) is 37.7 Å². The number of likely N-dealkylation sites (N-methyl/N-ethyl adjacent to an activating group) is 1. The van der Waals surface area contributed by atoms with Crippen molar-refractivity contribution in [3.63, 3.8) is 0 Å². The minimum atomic E-state index is -3.42. The van der Waals surface area contributed by atoms with Gasteiger partial charge in [-0.25, -0.2) is 8.42 Å². The van der Waals surface area contributed by atoms with Gasteiger partial charge in [0.1, 0.15) is 6.61 Å². The quantitative estimate of drug-likeness (QED) is 0.767. The lowest BCUT2D eigenvalue weighted by molar-refractivity contribution is -0.135. The first-order chi connectivity index (χ1) is 11.7. The Labute approximate surface area is 153 Å². The summed E-state index contributed by atoms with van der Waals surface area (Å²) in [5, 5.41) is 0. The minimum Gasteiger partial charge on any atom is -0.367 e. The number of thioether (sulfide) groups is 1. The fourth-order valence-electron chi connectivity index (χ4n) is 3.07. The molecule has 0 bridgehead atoms. The number of ether oxygens (including phenoxy) is 1. The Morgan fingerprint density at radius 1 is 1.32 bits per heavy atom. The lowest BCUT2D eigenvalue weighted by Gasteiger charge is -2.46. The average Bonchev–Trinajstić information content (AvgIpc) is 2.96. The van der Waals surface area contributed by atoms with Gasteiger partial charge in [0.25, 0.3) is 0 Å². The molecule has 0 saturated carbocycles. The maximum Gasteiger partial charge on any atom is 0.248 e. The largest absolute Gasteiger partial charge is 0.367 e. The van der Waals surface area contributed by atoms with Crippen molar-refractivity contribution >= 4 is 27.7 Å². The summed E-state index contributed by atoms with van der Waals surface area (Å²) in [6.45, 7) is 3.04. The fraction of sp³-hybridized carbons (Fsp3) is 0.588. The molecule has 1 spiro atoms. The normalized spacial score (nSPS) is 22.8. The third-order valence-electron chi connectivity index (χ3n) is 4.70. The highest BCUT2D eigenvalue weighted by Crippen LogP contribution is 2.47. The summed E-state index contributed by atoms with van der Waals surface area (Å²) in [5.41, 5.74) is 1.04. The van der Waals surface area contributed by atoms with Gasteiger partial charge in [0.2, 0.25) is 15.9 Å². The van der Waals surface area contributed by atoms with Crippen LogP contribution in [0.2, 0.25) is 0 Å². The van der Waals surface area contributed by atoms with Crippen molar-refractivity contribution in [3.8, 4) is 0 Å². The molecule has 1 amide bonds. The lowest BCUT2D eigenvalue weighted by atomic mass is 9.95. The average molecular weight is 385 g/mol. The SMILES string of the molecule is Cc1ccc(S(=O)(=O)N2CC3(CC(OCC(=O)N(C)C)CS3)C2)cc1. The predicted molar refractivity (Wildman–Crippen MR) is 98.2 cm³/mol. The first kappa shape index (κ1) is 18.7. The molecular formula is C17H24N2O4S2. The number of carbonyl (C=O) groups is 1. The van der Waals surface area contributed by atoms with Crippen molar-refractivity contribution in [1.82, 2.24) is 9.21 Å². The number of sulfonamides is 1. The Balaban J connectivity index is 1.55. The van der Waals surface area contributed by atoms with Gasteiger partial charge in [0.05, 0.1) is 11.0 Å². The van der Waals surface area contributed by atoms with Gasteiger partial charge in [-0.1, -0.05) is 17.7 Å². The second kappa shape index (κ2) is 6.90. The number of aryl methyl sites for hydroxylation is 1. The topological polar surface area (TPSA) is 66.9 Å². The van der Waals surface area contributed by atoms with E-state index in [1.807, 2.05) is 19.1 Å². The smallest absolute Gasteiger partial charge is 0.248 e. The summed E-state index contributed by atoms with van der Waals surface area (Å²) in [6.07, 6.45) is 0.802. The molecule has 1 unspecified atom stereocenters. The third-order valence-corrected chi connectivity index (χ3v) is 8.09. The highest BCUT2D eigenvalue weighted by Gasteiger charge is 2.53. The van der Waals surface area contributed by atoms with Gasteiger partial charge < -0.3 is 9.64 Å². The molecule has 25 heavy (non-hydrogen) atoms. The van der Waals surface area contributed by atoms with Gasteiger partial charge >= 0.3 is 0 Å². The van der Waals surface area contributed by atoms with Gasteiger partial charge in [-0.05, 0) is 25.5 Å². The molecule has 8 heteroatoms. The summed E-state index contributed by atoms with van der Waals surface area (Å²) in [4.78, 5) is 13.5. The zero-order chi connectivity index (χ0) is 18.2. The number of carbonyl (C=O) groups excluding carboxylic acids is 1. The van der Waals surface area contributed by atoms with Crippen LogP contribution in [0.25, 0.3) is 0 Å². The monoisotopic (exact) mass is 384 g/mol. The second-order valence-corrected chi connectivity index (χ2v) is 10.4. The van der Waals surface area contributed by atoms with E-state index in [2.05, 4.69) is 0 Å². The molecule has 0 radical (unpaired) electrons. The molecule has 0 aromatic heterocycles. The zero-order valence-corrected chi connectivity index (χ0v) is 16.4. The second-order valence-electron chi connectivity index (χ2n) is 7.01. The number of benzene rings is 1. The molecule has 6 nitrogen and oxygen atoms in total. The molecule has 3 rings (SSSR count). The summed E-state index contributed by atoms with van der Waals surface area (Å²) in [6, 6.07) is 6.96. The standard InChI is InChI=1S/C17H24N2O4S2/c1-13-4-6-15(7-5-13)25(21,22)19-11-17(12-19)8-14(10-24-17)23-9-16(20)18(2)3/h4-7,14H,8-12H2,1-3H3. The van der Waals surface area contributed by atoms with Crippen molar-refractivity contribution in [1.29, 1.82) is 0 Å². The van der Waals surface area contributed by atoms with E-state index in [-0.39, 0.29) is 23.4 Å². The van der Waals surface area contributed by atoms with Gasteiger partial charge in [0.15, 0.2) is 0 Å². The van der Waals surface area contributed by atoms with E-state index in [0.29, 0.717) is 18.0 Å². The molecule has 138 valence electrons. The fourth-order valence-corrected chi connectivity index (χ4v) is 6.40. The molecule has 2 heterocycles. The van der Waals surface area contributed by atoms with Crippen LogP contribution < -0.4 is 0 Å². The molecule has 0 N–H and O–H groups in total. The van der Waals surface area contributed by atoms with Crippen LogP contribution in [0, 0.1) is 6.92 Å². The number of nitrogens with zero attached hydrogens (tertiary/aromatic N) is 2. The van der Waals surface area contributed by atoms with Crippen LogP contribution in [-0.2, 0) is 19.6 Å². The summed E-state index contributed by atoms with van der Waals surface area (Å²) in [5.74, 6) is 0.752. The van der Waals surface area contributed by atoms with Crippen LogP contribution in [-0.4, -0.2) is 73.9 Å². The summed E-state index contributed by atoms with van der Waals surface area (Å²) in [7, 11) is -0.00912. The van der Waals surface area contributed by atoms with Crippen molar-refractivity contribution in [2.24, 2.45) is 0 Å². The summed E-state index contributed by atoms with van der Waals surface area (Å²) >= 11 is 1.76. The lowest BCUT2D eigenvalue weighted by Crippen LogP contribution is -2.60. The molecular weight excluding hydrogens is 360 g/mol. The molecule has 1 atom stereocenters.